The first-order chi connectivity index (χ1) is 8.06. The Morgan fingerprint density at radius 2 is 1.88 bits per heavy atom. The molecular formula is C10H9N3O4. The maximum Gasteiger partial charge on any atom is 0.322 e. The SMILES string of the molecule is O=C1NC(=O)C(Cc2ccc([N+](=O)[O-])cc2)N1. The predicted octanol–water partition coefficient (Wildman–Crippen LogP) is 0.345. The van der Waals surface area contributed by atoms with E-state index in [4.69, 9.17) is 0 Å². The van der Waals surface area contributed by atoms with Gasteiger partial charge in [-0.15, -0.1) is 0 Å². The molecule has 1 heterocycles. The van der Waals surface area contributed by atoms with Gasteiger partial charge in [0, 0.05) is 18.6 Å². The van der Waals surface area contributed by atoms with E-state index < -0.39 is 17.0 Å². The monoisotopic (exact) mass is 235 g/mol. The first-order valence-electron chi connectivity index (χ1n) is 4.91. The van der Waals surface area contributed by atoms with Crippen LogP contribution in [0.5, 0.6) is 0 Å². The molecule has 0 saturated carbocycles. The van der Waals surface area contributed by atoms with E-state index in [0.717, 1.165) is 5.56 Å². The molecule has 1 fully saturated rings. The van der Waals surface area contributed by atoms with Crippen LogP contribution in [-0.4, -0.2) is 22.9 Å². The van der Waals surface area contributed by atoms with E-state index in [9.17, 15) is 19.7 Å². The van der Waals surface area contributed by atoms with Crippen LogP contribution in [0.15, 0.2) is 24.3 Å². The highest BCUT2D eigenvalue weighted by molar-refractivity contribution is 6.04. The number of urea groups is 1. The van der Waals surface area contributed by atoms with Gasteiger partial charge in [0.15, 0.2) is 0 Å². The molecule has 7 nitrogen and oxygen atoms in total. The number of non-ortho nitro benzene ring substituents is 1. The maximum atomic E-state index is 11.3. The van der Waals surface area contributed by atoms with Crippen molar-refractivity contribution in [1.82, 2.24) is 10.6 Å². The normalized spacial score (nSPS) is 18.7. The standard InChI is InChI=1S/C10H9N3O4/c14-9-8(11-10(15)12-9)5-6-1-3-7(4-2-6)13(16)17/h1-4,8H,5H2,(H2,11,12,14,15). The number of benzene rings is 1. The van der Waals surface area contributed by atoms with Crippen LogP contribution in [0, 0.1) is 10.1 Å². The molecule has 1 aliphatic rings. The van der Waals surface area contributed by atoms with Crippen LogP contribution >= 0.6 is 0 Å². The fourth-order valence-electron chi connectivity index (χ4n) is 1.59. The van der Waals surface area contributed by atoms with E-state index in [1.807, 2.05) is 0 Å². The Kier molecular flexibility index (Phi) is 2.73. The third-order valence-corrected chi connectivity index (χ3v) is 2.45. The molecule has 1 aromatic carbocycles. The lowest BCUT2D eigenvalue weighted by Gasteiger charge is -2.06. The Labute approximate surface area is 96.0 Å². The van der Waals surface area contributed by atoms with Crippen LogP contribution < -0.4 is 10.6 Å². The second-order valence-corrected chi connectivity index (χ2v) is 3.64. The molecule has 88 valence electrons. The fraction of sp³-hybridized carbons (Fsp3) is 0.200. The van der Waals surface area contributed by atoms with Gasteiger partial charge in [0.1, 0.15) is 6.04 Å². The molecule has 0 spiro atoms. The van der Waals surface area contributed by atoms with Gasteiger partial charge >= 0.3 is 6.03 Å². The average Bonchev–Trinajstić information content (AvgIpc) is 2.58. The number of nitrogens with zero attached hydrogens (tertiary/aromatic N) is 1. The van der Waals surface area contributed by atoms with E-state index in [2.05, 4.69) is 10.6 Å². The van der Waals surface area contributed by atoms with Gasteiger partial charge in [0.25, 0.3) is 11.6 Å². The Hall–Kier alpha value is -2.44. The molecule has 2 rings (SSSR count). The molecule has 1 atom stereocenters. The van der Waals surface area contributed by atoms with Crippen molar-refractivity contribution in [3.63, 3.8) is 0 Å². The van der Waals surface area contributed by atoms with E-state index in [1.54, 1.807) is 12.1 Å². The minimum absolute atomic E-state index is 0.00587. The van der Waals surface area contributed by atoms with Crippen molar-refractivity contribution in [2.24, 2.45) is 0 Å². The summed E-state index contributed by atoms with van der Waals surface area (Å²) in [5.41, 5.74) is 0.742. The van der Waals surface area contributed by atoms with Crippen LogP contribution in [0.3, 0.4) is 0 Å². The highest BCUT2D eigenvalue weighted by Gasteiger charge is 2.29. The fourth-order valence-corrected chi connectivity index (χ4v) is 1.59. The number of nitrogens with one attached hydrogen (secondary N) is 2. The minimum Gasteiger partial charge on any atom is -0.326 e. The summed E-state index contributed by atoms with van der Waals surface area (Å²) in [6, 6.07) is 4.74. The molecule has 2 N–H and O–H groups in total. The smallest absolute Gasteiger partial charge is 0.322 e. The molecule has 1 aromatic rings. The molecule has 0 aromatic heterocycles. The summed E-state index contributed by atoms with van der Waals surface area (Å²) in [6.45, 7) is 0. The lowest BCUT2D eigenvalue weighted by Crippen LogP contribution is -2.31. The maximum absolute atomic E-state index is 11.3. The number of amides is 3. The van der Waals surface area contributed by atoms with Gasteiger partial charge in [-0.3, -0.25) is 20.2 Å². The first kappa shape index (κ1) is 11.1. The van der Waals surface area contributed by atoms with E-state index in [0.29, 0.717) is 6.42 Å². The van der Waals surface area contributed by atoms with Crippen LogP contribution in [0.25, 0.3) is 0 Å². The van der Waals surface area contributed by atoms with Crippen molar-refractivity contribution in [2.45, 2.75) is 12.5 Å². The third-order valence-electron chi connectivity index (χ3n) is 2.45. The second kappa shape index (κ2) is 4.20. The van der Waals surface area contributed by atoms with Gasteiger partial charge in [-0.05, 0) is 5.56 Å². The zero-order valence-corrected chi connectivity index (χ0v) is 8.67. The second-order valence-electron chi connectivity index (χ2n) is 3.64. The number of rotatable bonds is 3. The van der Waals surface area contributed by atoms with Crippen LogP contribution in [0.1, 0.15) is 5.56 Å². The van der Waals surface area contributed by atoms with Crippen LogP contribution in [-0.2, 0) is 11.2 Å². The molecule has 1 unspecified atom stereocenters. The summed E-state index contributed by atoms with van der Waals surface area (Å²) < 4.78 is 0. The van der Waals surface area contributed by atoms with Crippen LogP contribution in [0.2, 0.25) is 0 Å². The van der Waals surface area contributed by atoms with Crippen molar-refractivity contribution >= 4 is 17.6 Å². The van der Waals surface area contributed by atoms with Gasteiger partial charge in [-0.25, -0.2) is 4.79 Å². The summed E-state index contributed by atoms with van der Waals surface area (Å²) in [4.78, 5) is 32.1. The topological polar surface area (TPSA) is 101 Å². The third kappa shape index (κ3) is 2.39. The molecule has 3 amide bonds. The van der Waals surface area contributed by atoms with Gasteiger partial charge in [0.05, 0.1) is 4.92 Å². The number of nitro benzene ring substituents is 1. The van der Waals surface area contributed by atoms with Crippen molar-refractivity contribution in [3.8, 4) is 0 Å². The summed E-state index contributed by atoms with van der Waals surface area (Å²) in [5.74, 6) is -0.381. The highest BCUT2D eigenvalue weighted by Crippen LogP contribution is 2.13. The van der Waals surface area contributed by atoms with Gasteiger partial charge < -0.3 is 5.32 Å². The lowest BCUT2D eigenvalue weighted by atomic mass is 10.1. The lowest BCUT2D eigenvalue weighted by molar-refractivity contribution is -0.384. The van der Waals surface area contributed by atoms with Crippen LogP contribution in [0.4, 0.5) is 10.5 Å². The summed E-state index contributed by atoms with van der Waals surface area (Å²) >= 11 is 0. The van der Waals surface area contributed by atoms with Crippen molar-refractivity contribution in [2.75, 3.05) is 0 Å². The number of nitro groups is 1. The molecular weight excluding hydrogens is 226 g/mol. The molecule has 0 bridgehead atoms. The summed E-state index contributed by atoms with van der Waals surface area (Å²) in [5, 5.41) is 15.0. The van der Waals surface area contributed by atoms with Gasteiger partial charge in [0.2, 0.25) is 0 Å². The number of carbonyl (C=O) groups excluding carboxylic acids is 2. The van der Waals surface area contributed by atoms with Crippen molar-refractivity contribution in [1.29, 1.82) is 0 Å². The van der Waals surface area contributed by atoms with E-state index >= 15 is 0 Å². The van der Waals surface area contributed by atoms with Crippen molar-refractivity contribution in [3.05, 3.63) is 39.9 Å². The first-order valence-corrected chi connectivity index (χ1v) is 4.91. The predicted molar refractivity (Wildman–Crippen MR) is 57.3 cm³/mol. The van der Waals surface area contributed by atoms with E-state index in [1.165, 1.54) is 12.1 Å². The molecule has 1 aliphatic heterocycles. The Balaban J connectivity index is 2.07. The molecule has 1 saturated heterocycles. The zero-order valence-electron chi connectivity index (χ0n) is 8.67. The summed E-state index contributed by atoms with van der Waals surface area (Å²) in [6.07, 6.45) is 0.315. The molecule has 0 aliphatic carbocycles. The quantitative estimate of drug-likeness (QED) is 0.448. The largest absolute Gasteiger partial charge is 0.326 e. The number of hydrogen-bond donors (Lipinski definition) is 2. The molecule has 0 radical (unpaired) electrons. The Bertz CT molecular complexity index is 483. The van der Waals surface area contributed by atoms with E-state index in [-0.39, 0.29) is 11.6 Å². The number of hydrogen-bond acceptors (Lipinski definition) is 4. The zero-order chi connectivity index (χ0) is 12.4. The van der Waals surface area contributed by atoms with Crippen molar-refractivity contribution < 1.29 is 14.5 Å². The number of imide groups is 1. The average molecular weight is 235 g/mol. The Morgan fingerprint density at radius 1 is 1.24 bits per heavy atom. The number of carbonyl (C=O) groups is 2. The summed E-state index contributed by atoms with van der Waals surface area (Å²) in [7, 11) is 0. The van der Waals surface area contributed by atoms with Gasteiger partial charge in [-0.2, -0.15) is 0 Å². The van der Waals surface area contributed by atoms with Gasteiger partial charge in [-0.1, -0.05) is 12.1 Å². The molecule has 17 heavy (non-hydrogen) atoms. The Morgan fingerprint density at radius 3 is 2.35 bits per heavy atom. The molecule has 7 heteroatoms. The highest BCUT2D eigenvalue weighted by atomic mass is 16.6. The minimum atomic E-state index is -0.607.